The molecule has 0 aliphatic heterocycles. The molecule has 0 bridgehead atoms. The summed E-state index contributed by atoms with van der Waals surface area (Å²) >= 11 is 0. The fourth-order valence-corrected chi connectivity index (χ4v) is 10.2. The van der Waals surface area contributed by atoms with Gasteiger partial charge < -0.3 is 9.13 Å². The molecule has 0 unspecified atom stereocenters. The first-order chi connectivity index (χ1) is 36.4. The molecule has 0 saturated carbocycles. The second-order valence-corrected chi connectivity index (χ2v) is 18.0. The van der Waals surface area contributed by atoms with Crippen molar-refractivity contribution in [2.45, 2.75) is 0 Å². The van der Waals surface area contributed by atoms with Crippen LogP contribution in [0.2, 0.25) is 0 Å². The van der Waals surface area contributed by atoms with E-state index in [0.29, 0.717) is 44.8 Å². The van der Waals surface area contributed by atoms with Gasteiger partial charge in [-0.05, 0) is 177 Å². The van der Waals surface area contributed by atoms with Crippen LogP contribution in [0.3, 0.4) is 0 Å². The Morgan fingerprint density at radius 3 is 0.797 bits per heavy atom. The van der Waals surface area contributed by atoms with Gasteiger partial charge in [0.05, 0.1) is 91.6 Å². The lowest BCUT2D eigenvalue weighted by Crippen LogP contribution is -2.05. The highest BCUT2D eigenvalue weighted by Crippen LogP contribution is 2.43. The first-order valence-corrected chi connectivity index (χ1v) is 23.6. The summed E-state index contributed by atoms with van der Waals surface area (Å²) < 4.78 is 4.32. The number of aromatic nitrogens is 2. The number of nitrogens with zero attached hydrogens (tertiary/aromatic N) is 8. The Morgan fingerprint density at radius 2 is 0.514 bits per heavy atom. The summed E-state index contributed by atoms with van der Waals surface area (Å²) in [6, 6.07) is 80.9. The predicted octanol–water partition coefficient (Wildman–Crippen LogP) is 15.4. The smallest absolute Gasteiger partial charge is 0.104 e. The standard InChI is InChI=1S/C66H34N8/c67-35-41-4-12-46(13-5-41)51-20-24-61-56(29-51)57-30-52(47-14-6-42(36-68)7-15-47)21-25-62(57)73(61)65-33-55(50-3-1-2-45(28-50)39-71)34-66(60(65)40-72)74-63-26-22-53(48-16-8-43(37-69)9-17-48)31-58(63)59-32-54(23-27-64(59)74)49-18-10-44(38-70)11-19-49/h1-34H. The number of benzene rings is 10. The summed E-state index contributed by atoms with van der Waals surface area (Å²) in [6.07, 6.45) is 0. The highest BCUT2D eigenvalue weighted by Gasteiger charge is 2.24. The van der Waals surface area contributed by atoms with Crippen molar-refractivity contribution in [3.05, 3.63) is 240 Å². The summed E-state index contributed by atoms with van der Waals surface area (Å²) in [6.45, 7) is 0. The zero-order chi connectivity index (χ0) is 50.5. The maximum absolute atomic E-state index is 11.8. The van der Waals surface area contributed by atoms with Crippen molar-refractivity contribution in [1.29, 1.82) is 31.6 Å². The molecular weight excluding hydrogens is 905 g/mol. The summed E-state index contributed by atoms with van der Waals surface area (Å²) in [7, 11) is 0. The SMILES string of the molecule is N#Cc1ccc(-c2ccc3c(c2)c2cc(-c4ccc(C#N)cc4)ccc2n3-c2cc(-c3cccc(C#N)c3)cc(-n3c4ccc(-c5ccc(C#N)cc5)cc4c4cc(-c5ccc(C#N)cc5)ccc43)c2C#N)cc1. The minimum absolute atomic E-state index is 0.419. The van der Waals surface area contributed by atoms with Crippen LogP contribution in [0.1, 0.15) is 33.4 Å². The largest absolute Gasteiger partial charge is 0.308 e. The minimum atomic E-state index is 0.419. The number of nitriles is 6. The number of hydrogen-bond acceptors (Lipinski definition) is 6. The molecule has 2 heterocycles. The average Bonchev–Trinajstić information content (AvgIpc) is 3.98. The lowest BCUT2D eigenvalue weighted by Gasteiger charge is -2.19. The van der Waals surface area contributed by atoms with Gasteiger partial charge >= 0.3 is 0 Å². The Morgan fingerprint density at radius 1 is 0.230 bits per heavy atom. The third-order valence-electron chi connectivity index (χ3n) is 13.9. The van der Waals surface area contributed by atoms with E-state index in [-0.39, 0.29) is 0 Å². The Kier molecular flexibility index (Phi) is 10.7. The molecule has 12 rings (SSSR count). The molecule has 12 aromatic rings. The van der Waals surface area contributed by atoms with E-state index in [1.807, 2.05) is 127 Å². The van der Waals surface area contributed by atoms with Gasteiger partial charge in [0.1, 0.15) is 11.6 Å². The van der Waals surface area contributed by atoms with Gasteiger partial charge in [-0.3, -0.25) is 0 Å². The molecule has 0 atom stereocenters. The zero-order valence-electron chi connectivity index (χ0n) is 39.2. The molecule has 0 fully saturated rings. The first-order valence-electron chi connectivity index (χ1n) is 23.6. The van der Waals surface area contributed by atoms with Crippen molar-refractivity contribution < 1.29 is 0 Å². The van der Waals surface area contributed by atoms with Gasteiger partial charge in [-0.2, -0.15) is 31.6 Å². The van der Waals surface area contributed by atoms with Gasteiger partial charge in [0.2, 0.25) is 0 Å². The summed E-state index contributed by atoms with van der Waals surface area (Å²) in [5, 5.41) is 64.0. The van der Waals surface area contributed by atoms with Crippen LogP contribution in [0.4, 0.5) is 0 Å². The molecule has 0 N–H and O–H groups in total. The monoisotopic (exact) mass is 938 g/mol. The van der Waals surface area contributed by atoms with E-state index < -0.39 is 0 Å². The van der Waals surface area contributed by atoms with Gasteiger partial charge in [-0.15, -0.1) is 0 Å². The molecule has 0 radical (unpaired) electrons. The van der Waals surface area contributed by atoms with Crippen molar-refractivity contribution in [1.82, 2.24) is 9.13 Å². The molecule has 0 amide bonds. The van der Waals surface area contributed by atoms with Crippen molar-refractivity contribution in [2.24, 2.45) is 0 Å². The minimum Gasteiger partial charge on any atom is -0.308 e. The highest BCUT2D eigenvalue weighted by atomic mass is 15.0. The van der Waals surface area contributed by atoms with E-state index >= 15 is 0 Å². The molecule has 8 nitrogen and oxygen atoms in total. The predicted molar refractivity (Wildman–Crippen MR) is 291 cm³/mol. The molecule has 0 saturated heterocycles. The Balaban J connectivity index is 1.16. The molecule has 0 spiro atoms. The number of fused-ring (bicyclic) bond motifs is 6. The lowest BCUT2D eigenvalue weighted by molar-refractivity contribution is 1.12. The normalized spacial score (nSPS) is 10.9. The topological polar surface area (TPSA) is 153 Å². The van der Waals surface area contributed by atoms with E-state index in [0.717, 1.165) is 99.2 Å². The molecular formula is C66H34N8. The maximum atomic E-state index is 11.8. The van der Waals surface area contributed by atoms with Gasteiger partial charge in [0.25, 0.3) is 0 Å². The Hall–Kier alpha value is -11.3. The molecule has 10 aromatic carbocycles. The van der Waals surface area contributed by atoms with Crippen LogP contribution in [-0.4, -0.2) is 9.13 Å². The number of hydrogen-bond donors (Lipinski definition) is 0. The average molecular weight is 939 g/mol. The summed E-state index contributed by atoms with van der Waals surface area (Å²) in [5.74, 6) is 0. The van der Waals surface area contributed by atoms with Crippen molar-refractivity contribution >= 4 is 43.6 Å². The van der Waals surface area contributed by atoms with Crippen LogP contribution < -0.4 is 0 Å². The third-order valence-corrected chi connectivity index (χ3v) is 13.9. The quantitative estimate of drug-likeness (QED) is 0.155. The van der Waals surface area contributed by atoms with Crippen LogP contribution in [0.25, 0.3) is 111 Å². The second kappa shape index (κ2) is 17.9. The highest BCUT2D eigenvalue weighted by molar-refractivity contribution is 6.14. The third kappa shape index (κ3) is 7.44. The van der Waals surface area contributed by atoms with Crippen molar-refractivity contribution in [3.8, 4) is 103 Å². The molecule has 74 heavy (non-hydrogen) atoms. The molecule has 0 aliphatic carbocycles. The van der Waals surface area contributed by atoms with Crippen molar-refractivity contribution in [2.75, 3.05) is 0 Å². The fourth-order valence-electron chi connectivity index (χ4n) is 10.2. The van der Waals surface area contributed by atoms with E-state index in [1.54, 1.807) is 6.07 Å². The molecule has 0 aliphatic rings. The summed E-state index contributed by atoms with van der Waals surface area (Å²) in [4.78, 5) is 0. The van der Waals surface area contributed by atoms with Crippen LogP contribution in [-0.2, 0) is 0 Å². The van der Waals surface area contributed by atoms with Crippen LogP contribution in [0.5, 0.6) is 0 Å². The van der Waals surface area contributed by atoms with Crippen molar-refractivity contribution in [3.63, 3.8) is 0 Å². The van der Waals surface area contributed by atoms with Gasteiger partial charge in [0.15, 0.2) is 0 Å². The second-order valence-electron chi connectivity index (χ2n) is 18.0. The van der Waals surface area contributed by atoms with Gasteiger partial charge in [0, 0.05) is 21.5 Å². The molecule has 8 heteroatoms. The molecule has 338 valence electrons. The Bertz CT molecular complexity index is 4080. The Labute approximate surface area is 425 Å². The van der Waals surface area contributed by atoms with Crippen LogP contribution >= 0.6 is 0 Å². The molecule has 2 aromatic heterocycles. The fraction of sp³-hybridized carbons (Fsp3) is 0. The van der Waals surface area contributed by atoms with Crippen LogP contribution in [0.15, 0.2) is 206 Å². The summed E-state index contributed by atoms with van der Waals surface area (Å²) in [5.41, 5.74) is 17.1. The van der Waals surface area contributed by atoms with Gasteiger partial charge in [-0.1, -0.05) is 84.9 Å². The number of rotatable bonds is 7. The van der Waals surface area contributed by atoms with E-state index in [1.165, 1.54) is 0 Å². The zero-order valence-corrected chi connectivity index (χ0v) is 39.2. The van der Waals surface area contributed by atoms with E-state index in [9.17, 15) is 31.6 Å². The maximum Gasteiger partial charge on any atom is 0.104 e. The van der Waals surface area contributed by atoms with Gasteiger partial charge in [-0.25, -0.2) is 0 Å². The lowest BCUT2D eigenvalue weighted by atomic mass is 9.98. The van der Waals surface area contributed by atoms with Crippen LogP contribution in [0, 0.1) is 68.0 Å². The van der Waals surface area contributed by atoms with E-state index in [2.05, 4.69) is 118 Å². The van der Waals surface area contributed by atoms with E-state index in [4.69, 9.17) is 0 Å². The first kappa shape index (κ1) is 44.0.